The van der Waals surface area contributed by atoms with Crippen molar-refractivity contribution in [3.63, 3.8) is 0 Å². The normalized spacial score (nSPS) is 34.7. The molecule has 0 heterocycles. The molecule has 0 saturated heterocycles. The van der Waals surface area contributed by atoms with Gasteiger partial charge in [-0.15, -0.1) is 0 Å². The first kappa shape index (κ1) is 7.03. The number of nitrogens with one attached hydrogen (secondary N) is 1. The molecule has 2 heteroatoms. The summed E-state index contributed by atoms with van der Waals surface area (Å²) in [6.07, 6.45) is 2.54. The van der Waals surface area contributed by atoms with E-state index in [0.717, 1.165) is 11.8 Å². The highest BCUT2D eigenvalue weighted by Crippen LogP contribution is 2.32. The predicted octanol–water partition coefficient (Wildman–Crippen LogP) is 0.884. The zero-order valence-electron chi connectivity index (χ0n) is 6.22. The summed E-state index contributed by atoms with van der Waals surface area (Å²) in [6.45, 7) is 4.55. The molecule has 1 rings (SSSR count). The Morgan fingerprint density at radius 3 is 2.33 bits per heavy atom. The van der Waals surface area contributed by atoms with E-state index in [0.29, 0.717) is 6.04 Å². The lowest BCUT2D eigenvalue weighted by molar-refractivity contribution is 0.170. The van der Waals surface area contributed by atoms with E-state index in [-0.39, 0.29) is 0 Å². The molecule has 3 N–H and O–H groups in total. The van der Waals surface area contributed by atoms with E-state index in [1.54, 1.807) is 0 Å². The van der Waals surface area contributed by atoms with Crippen LogP contribution in [0.25, 0.3) is 0 Å². The summed E-state index contributed by atoms with van der Waals surface area (Å²) >= 11 is 0. The van der Waals surface area contributed by atoms with Gasteiger partial charge in [0, 0.05) is 6.04 Å². The third-order valence-electron chi connectivity index (χ3n) is 2.35. The van der Waals surface area contributed by atoms with Crippen molar-refractivity contribution in [1.82, 2.24) is 5.43 Å². The third-order valence-corrected chi connectivity index (χ3v) is 2.35. The second-order valence-electron chi connectivity index (χ2n) is 3.34. The van der Waals surface area contributed by atoms with Crippen LogP contribution in [0.3, 0.4) is 0 Å². The van der Waals surface area contributed by atoms with Crippen LogP contribution in [0.4, 0.5) is 0 Å². The molecule has 0 amide bonds. The van der Waals surface area contributed by atoms with Gasteiger partial charge < -0.3 is 0 Å². The van der Waals surface area contributed by atoms with Gasteiger partial charge in [-0.05, 0) is 24.7 Å². The molecule has 1 saturated carbocycles. The molecule has 0 radical (unpaired) electrons. The fourth-order valence-corrected chi connectivity index (χ4v) is 1.34. The van der Waals surface area contributed by atoms with Crippen molar-refractivity contribution in [1.29, 1.82) is 0 Å². The smallest absolute Gasteiger partial charge is 0.0216 e. The zero-order chi connectivity index (χ0) is 6.85. The fourth-order valence-electron chi connectivity index (χ4n) is 1.34. The average molecular weight is 128 g/mol. The van der Waals surface area contributed by atoms with Gasteiger partial charge in [0.25, 0.3) is 0 Å². The van der Waals surface area contributed by atoms with Crippen LogP contribution < -0.4 is 11.3 Å². The van der Waals surface area contributed by atoms with E-state index in [9.17, 15) is 0 Å². The van der Waals surface area contributed by atoms with Crippen molar-refractivity contribution in [2.75, 3.05) is 0 Å². The quantitative estimate of drug-likeness (QED) is 0.428. The highest BCUT2D eigenvalue weighted by molar-refractivity contribution is 4.84. The molecule has 54 valence electrons. The van der Waals surface area contributed by atoms with Crippen molar-refractivity contribution in [3.8, 4) is 0 Å². The van der Waals surface area contributed by atoms with Crippen molar-refractivity contribution in [2.24, 2.45) is 17.7 Å². The number of hydrazine groups is 1. The first-order chi connectivity index (χ1) is 4.24. The second kappa shape index (κ2) is 2.67. The molecule has 1 aliphatic rings. The van der Waals surface area contributed by atoms with Crippen LogP contribution in [0.1, 0.15) is 26.7 Å². The molecule has 2 nitrogen and oxygen atoms in total. The van der Waals surface area contributed by atoms with Gasteiger partial charge in [0.15, 0.2) is 0 Å². The molecule has 0 bridgehead atoms. The van der Waals surface area contributed by atoms with Crippen LogP contribution in [-0.4, -0.2) is 6.04 Å². The monoisotopic (exact) mass is 128 g/mol. The number of hydrogen-bond acceptors (Lipinski definition) is 2. The molecule has 0 atom stereocenters. The van der Waals surface area contributed by atoms with E-state index in [1.165, 1.54) is 12.8 Å². The van der Waals surface area contributed by atoms with Gasteiger partial charge in [-0.3, -0.25) is 11.3 Å². The van der Waals surface area contributed by atoms with Crippen LogP contribution in [0.15, 0.2) is 0 Å². The molecular weight excluding hydrogens is 112 g/mol. The summed E-state index contributed by atoms with van der Waals surface area (Å²) in [5.41, 5.74) is 2.79. The van der Waals surface area contributed by atoms with Gasteiger partial charge in [0.1, 0.15) is 0 Å². The third kappa shape index (κ3) is 1.43. The van der Waals surface area contributed by atoms with E-state index in [1.807, 2.05) is 0 Å². The maximum atomic E-state index is 5.25. The molecule has 0 aromatic heterocycles. The number of hydrogen-bond donors (Lipinski definition) is 2. The van der Waals surface area contributed by atoms with Gasteiger partial charge >= 0.3 is 0 Å². The minimum absolute atomic E-state index is 0.609. The van der Waals surface area contributed by atoms with Crippen LogP contribution in [-0.2, 0) is 0 Å². The maximum absolute atomic E-state index is 5.25. The Kier molecular flexibility index (Phi) is 2.09. The minimum atomic E-state index is 0.609. The van der Waals surface area contributed by atoms with Gasteiger partial charge in [0.05, 0.1) is 0 Å². The van der Waals surface area contributed by atoms with Crippen molar-refractivity contribution in [3.05, 3.63) is 0 Å². The van der Waals surface area contributed by atoms with Crippen molar-refractivity contribution in [2.45, 2.75) is 32.7 Å². The Bertz CT molecular complexity index is 84.9. The molecule has 0 aliphatic heterocycles. The van der Waals surface area contributed by atoms with Crippen molar-refractivity contribution >= 4 is 0 Å². The summed E-state index contributed by atoms with van der Waals surface area (Å²) in [6, 6.07) is 0.609. The minimum Gasteiger partial charge on any atom is -0.271 e. The first-order valence-electron chi connectivity index (χ1n) is 3.70. The molecule has 1 aliphatic carbocycles. The Hall–Kier alpha value is -0.0800. The van der Waals surface area contributed by atoms with Crippen LogP contribution in [0.2, 0.25) is 0 Å². The van der Waals surface area contributed by atoms with Gasteiger partial charge in [0.2, 0.25) is 0 Å². The summed E-state index contributed by atoms with van der Waals surface area (Å²) in [4.78, 5) is 0. The van der Waals surface area contributed by atoms with Gasteiger partial charge in [-0.25, -0.2) is 0 Å². The zero-order valence-corrected chi connectivity index (χ0v) is 6.22. The first-order valence-corrected chi connectivity index (χ1v) is 3.70. The topological polar surface area (TPSA) is 38.0 Å². The van der Waals surface area contributed by atoms with E-state index >= 15 is 0 Å². The van der Waals surface area contributed by atoms with E-state index < -0.39 is 0 Å². The average Bonchev–Trinajstić information content (AvgIpc) is 1.61. The highest BCUT2D eigenvalue weighted by atomic mass is 15.2. The van der Waals surface area contributed by atoms with Gasteiger partial charge in [-0.1, -0.05) is 13.8 Å². The van der Waals surface area contributed by atoms with E-state index in [2.05, 4.69) is 19.3 Å². The molecule has 9 heavy (non-hydrogen) atoms. The summed E-state index contributed by atoms with van der Waals surface area (Å²) in [5, 5.41) is 0. The van der Waals surface area contributed by atoms with Gasteiger partial charge in [-0.2, -0.15) is 0 Å². The van der Waals surface area contributed by atoms with Crippen LogP contribution >= 0.6 is 0 Å². The summed E-state index contributed by atoms with van der Waals surface area (Å²) < 4.78 is 0. The molecule has 0 aromatic carbocycles. The van der Waals surface area contributed by atoms with E-state index in [4.69, 9.17) is 5.84 Å². The molecule has 0 aromatic rings. The standard InChI is InChI=1S/C7H16N2/c1-5(2)6-3-7(4-6)9-8/h5-7,9H,3-4,8H2,1-2H3. The second-order valence-corrected chi connectivity index (χ2v) is 3.34. The Balaban J connectivity index is 2.12. The number of rotatable bonds is 2. The largest absolute Gasteiger partial charge is 0.271 e. The molecular formula is C7H16N2. The van der Waals surface area contributed by atoms with Crippen LogP contribution in [0, 0.1) is 11.8 Å². The summed E-state index contributed by atoms with van der Waals surface area (Å²) in [7, 11) is 0. The predicted molar refractivity (Wildman–Crippen MR) is 38.7 cm³/mol. The maximum Gasteiger partial charge on any atom is 0.0216 e. The summed E-state index contributed by atoms with van der Waals surface area (Å²) in [5.74, 6) is 7.01. The lowest BCUT2D eigenvalue weighted by Gasteiger charge is -2.37. The van der Waals surface area contributed by atoms with Crippen LogP contribution in [0.5, 0.6) is 0 Å². The Morgan fingerprint density at radius 2 is 2.00 bits per heavy atom. The highest BCUT2D eigenvalue weighted by Gasteiger charge is 2.29. The molecule has 1 fully saturated rings. The fraction of sp³-hybridized carbons (Fsp3) is 1.00. The number of nitrogens with two attached hydrogens (primary N) is 1. The van der Waals surface area contributed by atoms with Crippen molar-refractivity contribution < 1.29 is 0 Å². The lowest BCUT2D eigenvalue weighted by Crippen LogP contribution is -2.46. The molecule has 0 unspecified atom stereocenters. The lowest BCUT2D eigenvalue weighted by atomic mass is 9.74. The Labute approximate surface area is 56.8 Å². The SMILES string of the molecule is CC(C)C1CC(NN)C1. The Morgan fingerprint density at radius 1 is 1.44 bits per heavy atom. The molecule has 0 spiro atoms.